The summed E-state index contributed by atoms with van der Waals surface area (Å²) in [4.78, 5) is 22.1. The van der Waals surface area contributed by atoms with Gasteiger partial charge < -0.3 is 14.0 Å². The number of hydrogen-bond donors (Lipinski definition) is 0. The Labute approximate surface area is 90.2 Å². The zero-order valence-electron chi connectivity index (χ0n) is 8.56. The molecule has 0 aliphatic carbocycles. The van der Waals surface area contributed by atoms with Gasteiger partial charge in [-0.1, -0.05) is 0 Å². The van der Waals surface area contributed by atoms with Crippen LogP contribution in [-0.2, 0) is 30.1 Å². The summed E-state index contributed by atoms with van der Waals surface area (Å²) >= 11 is -2.68. The van der Waals surface area contributed by atoms with Crippen LogP contribution in [0, 0.1) is 0 Å². The minimum absolute atomic E-state index is 0.0648. The number of carbonyl (C=O) groups is 2. The molecule has 0 rings (SSSR count). The molecule has 0 aromatic rings. The first-order valence-corrected chi connectivity index (χ1v) is 5.57. The second-order valence-electron chi connectivity index (χ2n) is 2.51. The first-order chi connectivity index (χ1) is 7.02. The highest BCUT2D eigenvalue weighted by Crippen LogP contribution is 2.05. The monoisotopic (exact) mass is 237 g/mol. The molecule has 2 atom stereocenters. The van der Waals surface area contributed by atoms with Gasteiger partial charge in [-0.15, -0.1) is 0 Å². The van der Waals surface area contributed by atoms with Crippen LogP contribution < -0.4 is 0 Å². The average Bonchev–Trinajstić information content (AvgIpc) is 2.14. The molecule has 0 aliphatic heterocycles. The van der Waals surface area contributed by atoms with Gasteiger partial charge in [0.15, 0.2) is 0 Å². The summed E-state index contributed by atoms with van der Waals surface area (Å²) in [5, 5.41) is -1.48. The van der Waals surface area contributed by atoms with E-state index in [9.17, 15) is 18.4 Å². The molecule has 0 radical (unpaired) electrons. The van der Waals surface area contributed by atoms with Crippen LogP contribution in [0.1, 0.15) is 20.3 Å². The maximum atomic E-state index is 11.1. The molecule has 0 saturated carbocycles. The Morgan fingerprint density at radius 1 is 1.27 bits per heavy atom. The standard InChI is InChI=1S/C8H14O6S/c1-3-13-7(9)5-6(15(11)12)8(10)14-4-2/h6H,3-5H2,1-2H3,(H,11,12)/p-1. The summed E-state index contributed by atoms with van der Waals surface area (Å²) in [5.74, 6) is -1.67. The van der Waals surface area contributed by atoms with Gasteiger partial charge in [-0.3, -0.25) is 13.8 Å². The van der Waals surface area contributed by atoms with Crippen LogP contribution in [0.5, 0.6) is 0 Å². The van der Waals surface area contributed by atoms with Crippen LogP contribution in [-0.4, -0.2) is 39.2 Å². The molecule has 0 amide bonds. The van der Waals surface area contributed by atoms with E-state index in [1.54, 1.807) is 13.8 Å². The highest BCUT2D eigenvalue weighted by atomic mass is 32.2. The average molecular weight is 237 g/mol. The molecular formula is C8H13O6S-. The predicted molar refractivity (Wildman–Crippen MR) is 50.6 cm³/mol. The van der Waals surface area contributed by atoms with Crippen molar-refractivity contribution in [1.82, 2.24) is 0 Å². The number of ether oxygens (including phenoxy) is 2. The Balaban J connectivity index is 4.34. The van der Waals surface area contributed by atoms with Gasteiger partial charge in [0, 0.05) is 0 Å². The Hall–Kier alpha value is -0.950. The van der Waals surface area contributed by atoms with Gasteiger partial charge in [0.25, 0.3) is 0 Å². The van der Waals surface area contributed by atoms with E-state index in [1.807, 2.05) is 0 Å². The van der Waals surface area contributed by atoms with Crippen molar-refractivity contribution in [2.24, 2.45) is 0 Å². The van der Waals surface area contributed by atoms with Crippen LogP contribution in [0.4, 0.5) is 0 Å². The summed E-state index contributed by atoms with van der Waals surface area (Å²) in [6.45, 7) is 3.34. The van der Waals surface area contributed by atoms with Crippen molar-refractivity contribution in [3.63, 3.8) is 0 Å². The van der Waals surface area contributed by atoms with E-state index in [-0.39, 0.29) is 13.2 Å². The highest BCUT2D eigenvalue weighted by molar-refractivity contribution is 7.80. The van der Waals surface area contributed by atoms with Gasteiger partial charge in [-0.2, -0.15) is 0 Å². The van der Waals surface area contributed by atoms with Crippen molar-refractivity contribution >= 4 is 23.0 Å². The summed E-state index contributed by atoms with van der Waals surface area (Å²) in [6.07, 6.45) is -0.511. The molecule has 6 nitrogen and oxygen atoms in total. The molecular weight excluding hydrogens is 224 g/mol. The Morgan fingerprint density at radius 2 is 1.80 bits per heavy atom. The third-order valence-corrected chi connectivity index (χ3v) is 2.26. The quantitative estimate of drug-likeness (QED) is 0.467. The molecule has 0 N–H and O–H groups in total. The van der Waals surface area contributed by atoms with Gasteiger partial charge in [-0.05, 0) is 24.9 Å². The summed E-state index contributed by atoms with van der Waals surface area (Å²) in [5.41, 5.74) is 0. The van der Waals surface area contributed by atoms with E-state index in [0.717, 1.165) is 0 Å². The Bertz CT molecular complexity index is 252. The molecule has 0 bridgehead atoms. The van der Waals surface area contributed by atoms with Gasteiger partial charge in [0.2, 0.25) is 0 Å². The van der Waals surface area contributed by atoms with E-state index in [1.165, 1.54) is 0 Å². The number of rotatable bonds is 6. The van der Waals surface area contributed by atoms with Crippen molar-refractivity contribution in [1.29, 1.82) is 0 Å². The normalized spacial score (nSPS) is 14.1. The van der Waals surface area contributed by atoms with Crippen LogP contribution >= 0.6 is 0 Å². The second kappa shape index (κ2) is 7.36. The van der Waals surface area contributed by atoms with E-state index in [4.69, 9.17) is 0 Å². The molecule has 0 fully saturated rings. The lowest BCUT2D eigenvalue weighted by Crippen LogP contribution is -2.31. The van der Waals surface area contributed by atoms with Crippen molar-refractivity contribution in [3.8, 4) is 0 Å². The van der Waals surface area contributed by atoms with Gasteiger partial charge in [-0.25, -0.2) is 0 Å². The number of hydrogen-bond acceptors (Lipinski definition) is 6. The molecule has 88 valence electrons. The van der Waals surface area contributed by atoms with Crippen molar-refractivity contribution < 1.29 is 27.8 Å². The van der Waals surface area contributed by atoms with Gasteiger partial charge in [0.05, 0.1) is 19.6 Å². The minimum Gasteiger partial charge on any atom is -0.772 e. The molecule has 0 spiro atoms. The maximum absolute atomic E-state index is 11.1. The zero-order chi connectivity index (χ0) is 11.8. The third kappa shape index (κ3) is 5.48. The van der Waals surface area contributed by atoms with Crippen LogP contribution in [0.15, 0.2) is 0 Å². The van der Waals surface area contributed by atoms with E-state index >= 15 is 0 Å². The first-order valence-electron chi connectivity index (χ1n) is 4.43. The molecule has 0 aliphatic rings. The SMILES string of the molecule is CCOC(=O)CC(C(=O)OCC)S(=O)[O-]. The fourth-order valence-electron chi connectivity index (χ4n) is 0.836. The predicted octanol–water partition coefficient (Wildman–Crippen LogP) is -0.250. The summed E-state index contributed by atoms with van der Waals surface area (Å²) < 4.78 is 30.3. The van der Waals surface area contributed by atoms with E-state index in [2.05, 4.69) is 9.47 Å². The molecule has 2 unspecified atom stereocenters. The maximum Gasteiger partial charge on any atom is 0.321 e. The third-order valence-electron chi connectivity index (χ3n) is 1.44. The van der Waals surface area contributed by atoms with Crippen LogP contribution in [0.25, 0.3) is 0 Å². The van der Waals surface area contributed by atoms with Crippen LogP contribution in [0.3, 0.4) is 0 Å². The topological polar surface area (TPSA) is 92.7 Å². The molecule has 0 aromatic heterocycles. The molecule has 0 saturated heterocycles. The minimum atomic E-state index is -2.68. The Morgan fingerprint density at radius 3 is 2.20 bits per heavy atom. The fraction of sp³-hybridized carbons (Fsp3) is 0.750. The summed E-state index contributed by atoms with van der Waals surface area (Å²) in [6, 6.07) is 0. The lowest BCUT2D eigenvalue weighted by atomic mass is 10.3. The smallest absolute Gasteiger partial charge is 0.321 e. The fourth-order valence-corrected chi connectivity index (χ4v) is 1.33. The molecule has 0 aromatic carbocycles. The number of carbonyl (C=O) groups excluding carboxylic acids is 2. The molecule has 15 heavy (non-hydrogen) atoms. The van der Waals surface area contributed by atoms with E-state index in [0.29, 0.717) is 0 Å². The largest absolute Gasteiger partial charge is 0.772 e. The van der Waals surface area contributed by atoms with Gasteiger partial charge in [0.1, 0.15) is 5.25 Å². The number of esters is 2. The van der Waals surface area contributed by atoms with Crippen molar-refractivity contribution in [2.45, 2.75) is 25.5 Å². The van der Waals surface area contributed by atoms with Gasteiger partial charge >= 0.3 is 11.9 Å². The summed E-state index contributed by atoms with van der Waals surface area (Å²) in [7, 11) is 0. The molecule has 0 heterocycles. The Kier molecular flexibility index (Phi) is 6.89. The second-order valence-corrected chi connectivity index (χ2v) is 3.60. The van der Waals surface area contributed by atoms with E-state index < -0.39 is 34.7 Å². The molecule has 7 heteroatoms. The zero-order valence-corrected chi connectivity index (χ0v) is 9.37. The lowest BCUT2D eigenvalue weighted by Gasteiger charge is -2.16. The van der Waals surface area contributed by atoms with Crippen molar-refractivity contribution in [3.05, 3.63) is 0 Å². The van der Waals surface area contributed by atoms with Crippen LogP contribution in [0.2, 0.25) is 0 Å². The van der Waals surface area contributed by atoms with Crippen molar-refractivity contribution in [2.75, 3.05) is 13.2 Å². The lowest BCUT2D eigenvalue weighted by molar-refractivity contribution is -0.149. The first kappa shape index (κ1) is 14.1. The highest BCUT2D eigenvalue weighted by Gasteiger charge is 2.24.